The van der Waals surface area contributed by atoms with Crippen LogP contribution >= 0.6 is 0 Å². The van der Waals surface area contributed by atoms with Crippen molar-refractivity contribution in [2.45, 2.75) is 0 Å². The van der Waals surface area contributed by atoms with Gasteiger partial charge in [-0.3, -0.25) is 20.2 Å². The molecule has 142 valence electrons. The Morgan fingerprint density at radius 2 is 1.10 bits per heavy atom. The highest BCUT2D eigenvalue weighted by molar-refractivity contribution is 6.10. The predicted octanol–water partition coefficient (Wildman–Crippen LogP) is 5.21. The van der Waals surface area contributed by atoms with Gasteiger partial charge < -0.3 is 9.47 Å². The van der Waals surface area contributed by atoms with Crippen molar-refractivity contribution in [3.63, 3.8) is 0 Å². The van der Waals surface area contributed by atoms with Crippen molar-refractivity contribution in [2.24, 2.45) is 0 Å². The minimum atomic E-state index is -0.437. The molecule has 0 spiro atoms. The van der Waals surface area contributed by atoms with Crippen molar-refractivity contribution in [2.75, 3.05) is 6.79 Å². The van der Waals surface area contributed by atoms with E-state index in [1.165, 1.54) is 24.3 Å². The number of non-ortho nitro benzene ring substituents is 2. The maximum Gasteiger partial charge on any atom is 0.270 e. The molecule has 4 aromatic carbocycles. The van der Waals surface area contributed by atoms with Crippen LogP contribution in [0.15, 0.2) is 60.7 Å². The Kier molecular flexibility index (Phi) is 3.60. The first kappa shape index (κ1) is 16.9. The summed E-state index contributed by atoms with van der Waals surface area (Å²) < 4.78 is 11.5. The van der Waals surface area contributed by atoms with Gasteiger partial charge >= 0.3 is 0 Å². The Balaban J connectivity index is 1.88. The third kappa shape index (κ3) is 2.61. The van der Waals surface area contributed by atoms with Gasteiger partial charge in [0, 0.05) is 35.4 Å². The molecule has 4 aromatic rings. The summed E-state index contributed by atoms with van der Waals surface area (Å²) in [5.74, 6) is 1.16. The molecule has 8 nitrogen and oxygen atoms in total. The lowest BCUT2D eigenvalue weighted by Crippen LogP contribution is -2.03. The zero-order chi connectivity index (χ0) is 20.1. The summed E-state index contributed by atoms with van der Waals surface area (Å²) in [6.07, 6.45) is 0. The molecule has 0 unspecified atom stereocenters. The summed E-state index contributed by atoms with van der Waals surface area (Å²) in [5, 5.41) is 25.2. The maximum absolute atomic E-state index is 11.2. The van der Waals surface area contributed by atoms with Gasteiger partial charge in [0.25, 0.3) is 11.4 Å². The molecule has 0 atom stereocenters. The van der Waals surface area contributed by atoms with Gasteiger partial charge in [0.2, 0.25) is 6.79 Å². The standard InChI is InChI=1S/C21H12N2O6/c24-22(25)14-3-5-16-12(9-14)1-7-18-20(16)21-17-6-4-15(23(26)27)10-13(17)2-8-19(21)29-11-28-18/h1-10H,11H2. The molecule has 0 N–H and O–H groups in total. The number of rotatable bonds is 2. The lowest BCUT2D eigenvalue weighted by Gasteiger charge is -2.13. The zero-order valence-electron chi connectivity index (χ0n) is 14.8. The Hall–Kier alpha value is -4.20. The molecule has 29 heavy (non-hydrogen) atoms. The Labute approximate surface area is 163 Å². The normalized spacial score (nSPS) is 12.4. The van der Waals surface area contributed by atoms with Crippen molar-refractivity contribution >= 4 is 32.9 Å². The Bertz CT molecular complexity index is 1250. The molecule has 1 aliphatic heterocycles. The number of fused-ring (bicyclic) bond motifs is 7. The van der Waals surface area contributed by atoms with E-state index in [1.807, 2.05) is 0 Å². The van der Waals surface area contributed by atoms with E-state index in [0.717, 1.165) is 21.9 Å². The van der Waals surface area contributed by atoms with Crippen LogP contribution in [-0.4, -0.2) is 16.6 Å². The first-order valence-corrected chi connectivity index (χ1v) is 8.71. The van der Waals surface area contributed by atoms with Crippen LogP contribution in [0.25, 0.3) is 32.7 Å². The first-order chi connectivity index (χ1) is 14.0. The van der Waals surface area contributed by atoms with Gasteiger partial charge in [-0.15, -0.1) is 0 Å². The lowest BCUT2D eigenvalue weighted by atomic mass is 9.92. The molecule has 1 aliphatic rings. The molecule has 0 radical (unpaired) electrons. The van der Waals surface area contributed by atoms with Crippen LogP contribution in [0.1, 0.15) is 0 Å². The van der Waals surface area contributed by atoms with Crippen molar-refractivity contribution < 1.29 is 19.3 Å². The minimum absolute atomic E-state index is 0.00277. The third-order valence-electron chi connectivity index (χ3n) is 5.03. The highest BCUT2D eigenvalue weighted by atomic mass is 16.7. The fourth-order valence-corrected chi connectivity index (χ4v) is 3.73. The van der Waals surface area contributed by atoms with Crippen LogP contribution < -0.4 is 9.47 Å². The van der Waals surface area contributed by atoms with Crippen molar-refractivity contribution in [1.29, 1.82) is 0 Å². The average Bonchev–Trinajstić information content (AvgIpc) is 2.92. The lowest BCUT2D eigenvalue weighted by molar-refractivity contribution is -0.384. The average molecular weight is 388 g/mol. The number of benzene rings is 4. The van der Waals surface area contributed by atoms with Gasteiger partial charge in [0.15, 0.2) is 0 Å². The third-order valence-corrected chi connectivity index (χ3v) is 5.03. The number of nitro groups is 2. The quantitative estimate of drug-likeness (QED) is 0.345. The van der Waals surface area contributed by atoms with Crippen LogP contribution in [0.3, 0.4) is 0 Å². The molecule has 0 amide bonds. The van der Waals surface area contributed by atoms with E-state index in [1.54, 1.807) is 36.4 Å². The summed E-state index contributed by atoms with van der Waals surface area (Å²) in [6, 6.07) is 16.3. The molecule has 0 saturated heterocycles. The van der Waals surface area contributed by atoms with Gasteiger partial charge in [-0.25, -0.2) is 0 Å². The SMILES string of the molecule is O=[N+]([O-])c1ccc2c3c(ccc2c1)OCOc1ccc2cc([N+](=O)[O-])ccc2c1-3. The van der Waals surface area contributed by atoms with Crippen LogP contribution in [0.4, 0.5) is 11.4 Å². The van der Waals surface area contributed by atoms with Gasteiger partial charge in [-0.1, -0.05) is 12.1 Å². The molecule has 0 fully saturated rings. The Morgan fingerprint density at radius 3 is 1.52 bits per heavy atom. The van der Waals surface area contributed by atoms with E-state index in [2.05, 4.69) is 0 Å². The first-order valence-electron chi connectivity index (χ1n) is 8.71. The van der Waals surface area contributed by atoms with E-state index in [9.17, 15) is 20.2 Å². The molecule has 1 heterocycles. The molecule has 0 saturated carbocycles. The van der Waals surface area contributed by atoms with E-state index in [0.29, 0.717) is 22.3 Å². The summed E-state index contributed by atoms with van der Waals surface area (Å²) in [5.41, 5.74) is 1.47. The smallest absolute Gasteiger partial charge is 0.270 e. The summed E-state index contributed by atoms with van der Waals surface area (Å²) >= 11 is 0. The molecule has 5 rings (SSSR count). The second-order valence-electron chi connectivity index (χ2n) is 6.61. The molecule has 0 aromatic heterocycles. The highest BCUT2D eigenvalue weighted by Gasteiger charge is 2.23. The highest BCUT2D eigenvalue weighted by Crippen LogP contribution is 2.47. The number of ether oxygens (including phenoxy) is 2. The number of hydrogen-bond donors (Lipinski definition) is 0. The minimum Gasteiger partial charge on any atom is -0.457 e. The number of nitro benzene ring substituents is 2. The molecule has 8 heteroatoms. The Morgan fingerprint density at radius 1 is 0.655 bits per heavy atom. The van der Waals surface area contributed by atoms with Crippen LogP contribution in [0.2, 0.25) is 0 Å². The fourth-order valence-electron chi connectivity index (χ4n) is 3.73. The summed E-state index contributed by atoms with van der Waals surface area (Å²) in [4.78, 5) is 21.4. The summed E-state index contributed by atoms with van der Waals surface area (Å²) in [6.45, 7) is 0.0109. The second kappa shape index (κ2) is 6.16. The number of nitrogens with zero attached hydrogens (tertiary/aromatic N) is 2. The molecule has 0 bridgehead atoms. The van der Waals surface area contributed by atoms with Crippen molar-refractivity contribution in [3.8, 4) is 22.6 Å². The molecular formula is C21H12N2O6. The monoisotopic (exact) mass is 388 g/mol. The van der Waals surface area contributed by atoms with Gasteiger partial charge in [0.1, 0.15) is 11.5 Å². The van der Waals surface area contributed by atoms with E-state index in [-0.39, 0.29) is 18.2 Å². The van der Waals surface area contributed by atoms with Crippen molar-refractivity contribution in [1.82, 2.24) is 0 Å². The summed E-state index contributed by atoms with van der Waals surface area (Å²) in [7, 11) is 0. The number of hydrogen-bond acceptors (Lipinski definition) is 6. The largest absolute Gasteiger partial charge is 0.457 e. The van der Waals surface area contributed by atoms with Crippen molar-refractivity contribution in [3.05, 3.63) is 80.9 Å². The van der Waals surface area contributed by atoms with Crippen LogP contribution in [-0.2, 0) is 0 Å². The molecular weight excluding hydrogens is 376 g/mol. The van der Waals surface area contributed by atoms with Gasteiger partial charge in [-0.05, 0) is 45.8 Å². The fraction of sp³-hybridized carbons (Fsp3) is 0.0476. The van der Waals surface area contributed by atoms with Crippen LogP contribution in [0.5, 0.6) is 11.5 Å². The second-order valence-corrected chi connectivity index (χ2v) is 6.61. The van der Waals surface area contributed by atoms with E-state index >= 15 is 0 Å². The molecule has 0 aliphatic carbocycles. The van der Waals surface area contributed by atoms with E-state index in [4.69, 9.17) is 9.47 Å². The van der Waals surface area contributed by atoms with Gasteiger partial charge in [-0.2, -0.15) is 0 Å². The van der Waals surface area contributed by atoms with Gasteiger partial charge in [0.05, 0.1) is 9.85 Å². The van der Waals surface area contributed by atoms with Crippen LogP contribution in [0, 0.1) is 20.2 Å². The predicted molar refractivity (Wildman–Crippen MR) is 106 cm³/mol. The maximum atomic E-state index is 11.2. The van der Waals surface area contributed by atoms with E-state index < -0.39 is 9.85 Å². The topological polar surface area (TPSA) is 105 Å². The zero-order valence-corrected chi connectivity index (χ0v) is 14.8.